The largest absolute Gasteiger partial charge is 0.0838 e. The predicted molar refractivity (Wildman–Crippen MR) is 295 cm³/mol. The van der Waals surface area contributed by atoms with Crippen molar-refractivity contribution >= 4 is 32.3 Å². The lowest BCUT2D eigenvalue weighted by Crippen LogP contribution is -2.15. The van der Waals surface area contributed by atoms with Crippen molar-refractivity contribution in [2.24, 2.45) is 0 Å². The average molecular weight is 881 g/mol. The normalized spacial score (nSPS) is 13.4. The molecule has 0 heterocycles. The number of rotatable bonds is 6. The van der Waals surface area contributed by atoms with Crippen LogP contribution in [0.1, 0.15) is 47.2 Å². The van der Waals surface area contributed by atoms with Crippen LogP contribution >= 0.6 is 0 Å². The first kappa shape index (κ1) is 41.2. The molecule has 0 unspecified atom stereocenters. The van der Waals surface area contributed by atoms with Gasteiger partial charge in [-0.3, -0.25) is 0 Å². The fourth-order valence-electron chi connectivity index (χ4n) is 12.1. The Balaban J connectivity index is 0.741. The van der Waals surface area contributed by atoms with Crippen LogP contribution < -0.4 is 0 Å². The van der Waals surface area contributed by atoms with Gasteiger partial charge in [-0.1, -0.05) is 220 Å². The quantitative estimate of drug-likeness (QED) is 0.115. The maximum Gasteiger partial charge on any atom is 0.0159 e. The molecule has 0 radical (unpaired) electrons. The van der Waals surface area contributed by atoms with E-state index < -0.39 is 0 Å². The molecule has 0 spiro atoms. The zero-order chi connectivity index (χ0) is 46.4. The molecule has 0 amide bonds. The maximum atomic E-state index is 2.43. The van der Waals surface area contributed by atoms with Crippen LogP contribution in [0.4, 0.5) is 0 Å². The summed E-state index contributed by atoms with van der Waals surface area (Å²) in [5, 5.41) is 7.97. The Morgan fingerprint density at radius 1 is 0.290 bits per heavy atom. The summed E-state index contributed by atoms with van der Waals surface area (Å²) in [6.45, 7) is 9.32. The molecular formula is C69H52. The van der Waals surface area contributed by atoms with Crippen LogP contribution in [-0.2, 0) is 18.3 Å². The molecule has 2 aliphatic rings. The molecule has 11 aromatic carbocycles. The Hall–Kier alpha value is -8.06. The summed E-state index contributed by atoms with van der Waals surface area (Å²) < 4.78 is 0. The molecule has 2 aliphatic carbocycles. The fraction of sp³-hybridized carbons (Fsp3) is 0.101. The molecule has 0 N–H and O–H groups in total. The Morgan fingerprint density at radius 2 is 0.594 bits per heavy atom. The minimum Gasteiger partial charge on any atom is -0.0838 e. The molecule has 0 saturated carbocycles. The Bertz CT molecular complexity index is 3820. The van der Waals surface area contributed by atoms with Crippen molar-refractivity contribution in [2.45, 2.75) is 46.0 Å². The van der Waals surface area contributed by atoms with Crippen LogP contribution in [0.15, 0.2) is 218 Å². The van der Waals surface area contributed by atoms with Gasteiger partial charge in [-0.05, 0) is 182 Å². The van der Waals surface area contributed by atoms with E-state index in [0.717, 1.165) is 12.8 Å². The first-order chi connectivity index (χ1) is 33.8. The summed E-state index contributed by atoms with van der Waals surface area (Å²) in [6.07, 6.45) is 6.67. The number of aryl methyl sites for hydroxylation is 2. The van der Waals surface area contributed by atoms with Gasteiger partial charge >= 0.3 is 0 Å². The zero-order valence-corrected chi connectivity index (χ0v) is 39.7. The molecule has 0 aromatic heterocycles. The average Bonchev–Trinajstić information content (AvgIpc) is 3.63. The van der Waals surface area contributed by atoms with Crippen molar-refractivity contribution in [3.63, 3.8) is 0 Å². The predicted octanol–water partition coefficient (Wildman–Crippen LogP) is 18.7. The Morgan fingerprint density at radius 3 is 1.01 bits per heavy atom. The van der Waals surface area contributed by atoms with Gasteiger partial charge in [0.25, 0.3) is 0 Å². The molecule has 0 fully saturated rings. The lowest BCUT2D eigenvalue weighted by Gasteiger charge is -2.23. The number of benzene rings is 11. The van der Waals surface area contributed by atoms with E-state index in [9.17, 15) is 0 Å². The Labute approximate surface area is 405 Å². The molecule has 0 atom stereocenters. The van der Waals surface area contributed by atoms with Gasteiger partial charge in [0, 0.05) is 5.41 Å². The zero-order valence-electron chi connectivity index (χ0n) is 39.7. The van der Waals surface area contributed by atoms with E-state index in [1.165, 1.54) is 144 Å². The molecule has 0 aliphatic heterocycles. The van der Waals surface area contributed by atoms with Crippen molar-refractivity contribution in [1.82, 2.24) is 0 Å². The Kier molecular flexibility index (Phi) is 9.57. The van der Waals surface area contributed by atoms with E-state index in [0.29, 0.717) is 0 Å². The number of fused-ring (bicyclic) bond motifs is 7. The van der Waals surface area contributed by atoms with Crippen LogP contribution in [0.3, 0.4) is 0 Å². The lowest BCUT2D eigenvalue weighted by molar-refractivity contribution is 0.661. The highest BCUT2D eigenvalue weighted by atomic mass is 14.4. The summed E-state index contributed by atoms with van der Waals surface area (Å²) in [5.41, 5.74) is 26.2. The van der Waals surface area contributed by atoms with Gasteiger partial charge < -0.3 is 0 Å². The highest BCUT2D eigenvalue weighted by Crippen LogP contribution is 2.51. The summed E-state index contributed by atoms with van der Waals surface area (Å²) >= 11 is 0. The van der Waals surface area contributed by atoms with Crippen LogP contribution in [-0.4, -0.2) is 0 Å². The number of hydrogen-bond acceptors (Lipinski definition) is 0. The summed E-state index contributed by atoms with van der Waals surface area (Å²) in [7, 11) is 0. The van der Waals surface area contributed by atoms with E-state index >= 15 is 0 Å². The van der Waals surface area contributed by atoms with Gasteiger partial charge in [0.05, 0.1) is 0 Å². The third-order valence-electron chi connectivity index (χ3n) is 15.9. The monoisotopic (exact) mass is 880 g/mol. The number of hydrogen-bond donors (Lipinski definition) is 0. The van der Waals surface area contributed by atoms with Crippen molar-refractivity contribution in [1.29, 1.82) is 0 Å². The van der Waals surface area contributed by atoms with Crippen LogP contribution in [0.25, 0.3) is 110 Å². The summed E-state index contributed by atoms with van der Waals surface area (Å²) in [6, 6.07) is 77.4. The van der Waals surface area contributed by atoms with Gasteiger partial charge in [-0.15, -0.1) is 0 Å². The van der Waals surface area contributed by atoms with Gasteiger partial charge in [0.15, 0.2) is 0 Å². The molecule has 328 valence electrons. The van der Waals surface area contributed by atoms with E-state index in [4.69, 9.17) is 0 Å². The third kappa shape index (κ3) is 6.65. The minimum absolute atomic E-state index is 0.132. The third-order valence-corrected chi connectivity index (χ3v) is 15.9. The second-order valence-corrected chi connectivity index (χ2v) is 19.9. The molecule has 0 saturated heterocycles. The first-order valence-corrected chi connectivity index (χ1v) is 24.6. The van der Waals surface area contributed by atoms with Gasteiger partial charge in [0.1, 0.15) is 0 Å². The molecule has 69 heavy (non-hydrogen) atoms. The van der Waals surface area contributed by atoms with Crippen LogP contribution in [0.2, 0.25) is 0 Å². The molecule has 0 heteroatoms. The number of allylic oxidation sites excluding steroid dienone is 2. The first-order valence-electron chi connectivity index (χ1n) is 24.6. The van der Waals surface area contributed by atoms with Gasteiger partial charge in [-0.25, -0.2) is 0 Å². The summed E-state index contributed by atoms with van der Waals surface area (Å²) in [4.78, 5) is 0. The molecule has 0 nitrogen and oxygen atoms in total. The van der Waals surface area contributed by atoms with Crippen molar-refractivity contribution in [3.05, 3.63) is 252 Å². The molecule has 0 bridgehead atoms. The highest BCUT2D eigenvalue weighted by Gasteiger charge is 2.36. The lowest BCUT2D eigenvalue weighted by atomic mass is 9.80. The van der Waals surface area contributed by atoms with Crippen molar-refractivity contribution in [2.75, 3.05) is 0 Å². The minimum atomic E-state index is -0.132. The molecular weight excluding hydrogens is 829 g/mol. The van der Waals surface area contributed by atoms with Crippen molar-refractivity contribution < 1.29 is 0 Å². The standard InChI is InChI=1S/C69H52/c1-43-55-13-5-9-17-61(55)67(62-18-10-6-14-56(43)62)51-33-29-47(30-34-51)45-21-25-49(26-22-45)53-37-39-59-60-40-38-54(42-66(60)69(3,4)65(59)41-53)50-27-23-46(24-28-50)48-31-35-52(36-32-48)68-63-19-11-7-15-57(63)44(2)58-16-8-12-20-64(58)68/h5-15,17-19,21-42H,16,20H2,1-4H3. The molecule has 13 rings (SSSR count). The van der Waals surface area contributed by atoms with E-state index in [2.05, 4.69) is 246 Å². The van der Waals surface area contributed by atoms with Gasteiger partial charge in [0.2, 0.25) is 0 Å². The smallest absolute Gasteiger partial charge is 0.0159 e. The van der Waals surface area contributed by atoms with E-state index in [1.54, 1.807) is 0 Å². The second-order valence-electron chi connectivity index (χ2n) is 19.9. The van der Waals surface area contributed by atoms with E-state index in [-0.39, 0.29) is 5.41 Å². The molecule has 11 aromatic rings. The fourth-order valence-corrected chi connectivity index (χ4v) is 12.1. The van der Waals surface area contributed by atoms with Crippen molar-refractivity contribution in [3.8, 4) is 77.9 Å². The van der Waals surface area contributed by atoms with E-state index in [1.807, 2.05) is 0 Å². The second kappa shape index (κ2) is 16.0. The van der Waals surface area contributed by atoms with Crippen LogP contribution in [0.5, 0.6) is 0 Å². The highest BCUT2D eigenvalue weighted by molar-refractivity contribution is 6.15. The maximum absolute atomic E-state index is 2.43. The van der Waals surface area contributed by atoms with Gasteiger partial charge in [-0.2, -0.15) is 0 Å². The topological polar surface area (TPSA) is 0 Å². The van der Waals surface area contributed by atoms with Crippen LogP contribution in [0, 0.1) is 13.8 Å². The SMILES string of the molecule is Cc1c2c(c(-c3ccc(-c4ccc(-c5ccc6c(c5)C(C)(C)c5cc(-c7ccc(-c8ccc(-c9c%10ccccc%10c(C)c%10ccccc9%10)cc8)cc7)ccc5-6)cc4)cc3)c3ccccc13)CC=CC2. The summed E-state index contributed by atoms with van der Waals surface area (Å²) in [5.74, 6) is 0.